The van der Waals surface area contributed by atoms with Gasteiger partial charge in [-0.3, -0.25) is 4.79 Å². The summed E-state index contributed by atoms with van der Waals surface area (Å²) in [5.74, 6) is -0.813. The van der Waals surface area contributed by atoms with Crippen molar-refractivity contribution in [1.29, 1.82) is 0 Å². The molecule has 1 aromatic carbocycles. The second-order valence-corrected chi connectivity index (χ2v) is 8.29. The maximum atomic E-state index is 13.1. The number of pyridine rings is 1. The lowest BCUT2D eigenvalue weighted by Crippen LogP contribution is -2.32. The van der Waals surface area contributed by atoms with Crippen LogP contribution in [0.2, 0.25) is 5.02 Å². The summed E-state index contributed by atoms with van der Waals surface area (Å²) < 4.78 is 65.8. The molecule has 0 saturated carbocycles. The summed E-state index contributed by atoms with van der Waals surface area (Å²) >= 11 is 5.56. The average Bonchev–Trinajstić information content (AvgIpc) is 3.15. The summed E-state index contributed by atoms with van der Waals surface area (Å²) in [7, 11) is -4.40. The highest BCUT2D eigenvalue weighted by Crippen LogP contribution is 2.34. The summed E-state index contributed by atoms with van der Waals surface area (Å²) in [5, 5.41) is -0.228. The van der Waals surface area contributed by atoms with E-state index in [0.717, 1.165) is 44.3 Å². The Morgan fingerprint density at radius 1 is 1.14 bits per heavy atom. The topological polar surface area (TPSA) is 79.4 Å². The largest absolute Gasteiger partial charge is 0.417 e. The van der Waals surface area contributed by atoms with Crippen LogP contribution >= 0.6 is 11.6 Å². The third-order valence-corrected chi connectivity index (χ3v) is 5.77. The van der Waals surface area contributed by atoms with Gasteiger partial charge in [-0.25, -0.2) is 18.1 Å². The monoisotopic (exact) mass is 433 g/mol. The number of rotatable bonds is 4. The van der Waals surface area contributed by atoms with Gasteiger partial charge in [0, 0.05) is 24.3 Å². The van der Waals surface area contributed by atoms with E-state index in [0.29, 0.717) is 11.9 Å². The Morgan fingerprint density at radius 3 is 2.39 bits per heavy atom. The Balaban J connectivity index is 1.83. The number of hydrogen-bond acceptors (Lipinski definition) is 5. The van der Waals surface area contributed by atoms with E-state index in [2.05, 4.69) is 4.98 Å². The van der Waals surface area contributed by atoms with Crippen LogP contribution in [0.3, 0.4) is 0 Å². The molecule has 2 heterocycles. The number of nitrogens with one attached hydrogen (secondary N) is 1. The molecule has 11 heteroatoms. The first kappa shape index (κ1) is 20.4. The number of alkyl halides is 3. The van der Waals surface area contributed by atoms with Crippen molar-refractivity contribution in [2.45, 2.75) is 23.9 Å². The van der Waals surface area contributed by atoms with Gasteiger partial charge >= 0.3 is 6.18 Å². The summed E-state index contributed by atoms with van der Waals surface area (Å²) in [6.45, 7) is 1.62. The molecule has 1 N–H and O–H groups in total. The van der Waals surface area contributed by atoms with Crippen molar-refractivity contribution in [3.05, 3.63) is 52.7 Å². The van der Waals surface area contributed by atoms with E-state index in [1.807, 2.05) is 4.90 Å². The lowest BCUT2D eigenvalue weighted by atomic mass is 10.1. The minimum absolute atomic E-state index is 0.228. The number of sulfonamides is 1. The molecule has 3 rings (SSSR count). The fourth-order valence-corrected chi connectivity index (χ4v) is 3.93. The predicted molar refractivity (Wildman–Crippen MR) is 96.8 cm³/mol. The fraction of sp³-hybridized carbons (Fsp3) is 0.294. The first-order valence-electron chi connectivity index (χ1n) is 8.23. The molecule has 1 aliphatic heterocycles. The smallest absolute Gasteiger partial charge is 0.357 e. The number of nitrogens with zero attached hydrogens (tertiary/aromatic N) is 2. The molecule has 0 bridgehead atoms. The maximum Gasteiger partial charge on any atom is 0.417 e. The van der Waals surface area contributed by atoms with E-state index in [1.54, 1.807) is 4.72 Å². The fourth-order valence-electron chi connectivity index (χ4n) is 2.85. The molecule has 150 valence electrons. The standard InChI is InChI=1S/C17H15ClF3N3O3S/c18-11-3-5-13(14(9-11)17(19,20)21)16(25)23-28(26,27)12-4-6-15(22-10-12)24-7-1-2-8-24/h3-6,9-10H,1-2,7-8H2,(H,23,25). The molecular formula is C17H15ClF3N3O3S. The van der Waals surface area contributed by atoms with Crippen molar-refractivity contribution >= 4 is 33.3 Å². The molecule has 0 unspecified atom stereocenters. The van der Waals surface area contributed by atoms with Crippen LogP contribution < -0.4 is 9.62 Å². The zero-order valence-electron chi connectivity index (χ0n) is 14.3. The molecule has 1 saturated heterocycles. The zero-order valence-corrected chi connectivity index (χ0v) is 15.9. The molecule has 2 aromatic rings. The van der Waals surface area contributed by atoms with Gasteiger partial charge in [0.2, 0.25) is 0 Å². The lowest BCUT2D eigenvalue weighted by Gasteiger charge is -2.16. The van der Waals surface area contributed by atoms with Gasteiger partial charge in [0.15, 0.2) is 0 Å². The Hall–Kier alpha value is -2.33. The molecule has 28 heavy (non-hydrogen) atoms. The highest BCUT2D eigenvalue weighted by atomic mass is 35.5. The molecule has 1 amide bonds. The van der Waals surface area contributed by atoms with Gasteiger partial charge in [-0.1, -0.05) is 11.6 Å². The van der Waals surface area contributed by atoms with Crippen LogP contribution in [0.1, 0.15) is 28.8 Å². The molecule has 6 nitrogen and oxygen atoms in total. The number of hydrogen-bond donors (Lipinski definition) is 1. The van der Waals surface area contributed by atoms with Gasteiger partial charge in [0.1, 0.15) is 10.7 Å². The van der Waals surface area contributed by atoms with Crippen LogP contribution in [-0.2, 0) is 16.2 Å². The van der Waals surface area contributed by atoms with Crippen LogP contribution in [0.4, 0.5) is 19.0 Å². The molecule has 1 fully saturated rings. The van der Waals surface area contributed by atoms with Crippen LogP contribution in [-0.4, -0.2) is 32.4 Å². The Morgan fingerprint density at radius 2 is 1.82 bits per heavy atom. The third-order valence-electron chi connectivity index (χ3n) is 4.22. The molecule has 0 aliphatic carbocycles. The third kappa shape index (κ3) is 4.39. The first-order chi connectivity index (χ1) is 13.1. The van der Waals surface area contributed by atoms with Crippen LogP contribution in [0, 0.1) is 0 Å². The van der Waals surface area contributed by atoms with Gasteiger partial charge in [-0.2, -0.15) is 13.2 Å². The van der Waals surface area contributed by atoms with Crippen LogP contribution in [0.25, 0.3) is 0 Å². The van der Waals surface area contributed by atoms with Crippen molar-refractivity contribution in [3.8, 4) is 0 Å². The second-order valence-electron chi connectivity index (χ2n) is 6.17. The predicted octanol–water partition coefficient (Wildman–Crippen LogP) is 3.47. The van der Waals surface area contributed by atoms with E-state index < -0.39 is 33.2 Å². The molecule has 0 radical (unpaired) electrons. The molecule has 1 aliphatic rings. The van der Waals surface area contributed by atoms with Crippen LogP contribution in [0.5, 0.6) is 0 Å². The van der Waals surface area contributed by atoms with Crippen molar-refractivity contribution in [2.24, 2.45) is 0 Å². The number of aromatic nitrogens is 1. The highest BCUT2D eigenvalue weighted by Gasteiger charge is 2.36. The van der Waals surface area contributed by atoms with Gasteiger partial charge in [0.25, 0.3) is 15.9 Å². The molecule has 0 spiro atoms. The number of amides is 1. The summed E-state index contributed by atoms with van der Waals surface area (Å²) in [6, 6.07) is 5.21. The van der Waals surface area contributed by atoms with E-state index >= 15 is 0 Å². The van der Waals surface area contributed by atoms with Crippen LogP contribution in [0.15, 0.2) is 41.4 Å². The minimum atomic E-state index is -4.87. The van der Waals surface area contributed by atoms with E-state index in [-0.39, 0.29) is 9.92 Å². The molecular weight excluding hydrogens is 419 g/mol. The SMILES string of the molecule is O=C(NS(=O)(=O)c1ccc(N2CCCC2)nc1)c1ccc(Cl)cc1C(F)(F)F. The number of anilines is 1. The number of carbonyl (C=O) groups excluding carboxylic acids is 1. The van der Waals surface area contributed by atoms with Crippen molar-refractivity contribution < 1.29 is 26.4 Å². The average molecular weight is 434 g/mol. The van der Waals surface area contributed by atoms with Crippen molar-refractivity contribution in [2.75, 3.05) is 18.0 Å². The van der Waals surface area contributed by atoms with Gasteiger partial charge < -0.3 is 4.90 Å². The highest BCUT2D eigenvalue weighted by molar-refractivity contribution is 7.90. The summed E-state index contributed by atoms with van der Waals surface area (Å²) in [5.41, 5.74) is -2.17. The second kappa shape index (κ2) is 7.59. The van der Waals surface area contributed by atoms with E-state index in [9.17, 15) is 26.4 Å². The van der Waals surface area contributed by atoms with Gasteiger partial charge in [-0.15, -0.1) is 0 Å². The van der Waals surface area contributed by atoms with Crippen molar-refractivity contribution in [3.63, 3.8) is 0 Å². The number of benzene rings is 1. The number of carbonyl (C=O) groups is 1. The van der Waals surface area contributed by atoms with Gasteiger partial charge in [0.05, 0.1) is 11.1 Å². The zero-order chi connectivity index (χ0) is 20.5. The normalized spacial score (nSPS) is 14.9. The minimum Gasteiger partial charge on any atom is -0.357 e. The number of halogens is 4. The molecule has 1 aromatic heterocycles. The lowest BCUT2D eigenvalue weighted by molar-refractivity contribution is -0.137. The van der Waals surface area contributed by atoms with Crippen molar-refractivity contribution in [1.82, 2.24) is 9.71 Å². The molecule has 0 atom stereocenters. The Bertz CT molecular complexity index is 989. The Kier molecular flexibility index (Phi) is 5.53. The maximum absolute atomic E-state index is 13.1. The van der Waals surface area contributed by atoms with E-state index in [1.165, 1.54) is 12.1 Å². The van der Waals surface area contributed by atoms with Gasteiger partial charge in [-0.05, 0) is 43.2 Å². The first-order valence-corrected chi connectivity index (χ1v) is 10.1. The quantitative estimate of drug-likeness (QED) is 0.798. The summed E-state index contributed by atoms with van der Waals surface area (Å²) in [4.78, 5) is 18.0. The summed E-state index contributed by atoms with van der Waals surface area (Å²) in [6.07, 6.45) is -1.78. The van der Waals surface area contributed by atoms with E-state index in [4.69, 9.17) is 11.6 Å². The Labute approximate surface area is 164 Å².